The summed E-state index contributed by atoms with van der Waals surface area (Å²) >= 11 is 85.8. The average Bonchev–Trinajstić information content (AvgIpc) is 1.70. The monoisotopic (exact) mass is 1420 g/mol. The molecule has 0 unspecified atom stereocenters. The van der Waals surface area contributed by atoms with Gasteiger partial charge in [-0.2, -0.15) is 0 Å². The normalized spacial score (nSPS) is 11.7. The zero-order valence-electron chi connectivity index (χ0n) is 41.2. The van der Waals surface area contributed by atoms with Crippen molar-refractivity contribution in [2.75, 3.05) is 0 Å². The van der Waals surface area contributed by atoms with Crippen LogP contribution in [-0.4, -0.2) is 29.9 Å². The van der Waals surface area contributed by atoms with Crippen LogP contribution in [0.5, 0.6) is 46.0 Å². The molecule has 3 aromatic heterocycles. The Bertz CT molecular complexity index is 4950. The molecule has 5 heterocycles. The summed E-state index contributed by atoms with van der Waals surface area (Å²) in [6.07, 6.45) is 0. The zero-order valence-corrected chi connectivity index (χ0v) is 53.2. The number of aromatic nitrogens is 8. The average molecular weight is 1430 g/mol. The first-order chi connectivity index (χ1) is 40.3. The number of nitrogens with zero attached hydrogens (tertiary/aromatic N) is 8. The molecule has 0 saturated heterocycles. The SMILES string of the molecule is Fc1ccccc1Oc1c(Cl)c(Cl)c2c(c1Cl)-c1nc-2nc2[n-]c(nc3nc(nc4[n-]c(n1)c1c(Cl)c(Cl)c(Oc5ccccc5F)c(Cl)c41)-c1c(Cl)c(Cl)c(Oc4ccccc4F)c(Cl)c1-3)c1c(Cl)c(Oc3ccccc3F)c(Cl)c(Cl)c21.[Zn+2]. The van der Waals surface area contributed by atoms with Gasteiger partial charge >= 0.3 is 19.5 Å². The number of hydrogen-bond donors (Lipinski definition) is 0. The van der Waals surface area contributed by atoms with Crippen molar-refractivity contribution in [2.24, 2.45) is 0 Å². The molecule has 29 heteroatoms. The molecule has 0 amide bonds. The number of para-hydroxylation sites is 4. The molecule has 11 aromatic rings. The Morgan fingerprint density at radius 2 is 0.494 bits per heavy atom. The third-order valence-corrected chi connectivity index (χ3v) is 17.6. The van der Waals surface area contributed by atoms with E-state index in [1.54, 1.807) is 0 Å². The topological polar surface area (TPSA) is 142 Å². The molecule has 2 aliphatic rings. The summed E-state index contributed by atoms with van der Waals surface area (Å²) in [5.74, 6) is -7.14. The number of benzene rings is 8. The summed E-state index contributed by atoms with van der Waals surface area (Å²) in [6.45, 7) is 0. The predicted octanol–water partition coefficient (Wildman–Crippen LogP) is 21.7. The largest absolute Gasteiger partial charge is 2.00 e. The number of hydrogen-bond acceptors (Lipinski definition) is 10. The molecule has 8 bridgehead atoms. The predicted molar refractivity (Wildman–Crippen MR) is 320 cm³/mol. The fourth-order valence-corrected chi connectivity index (χ4v) is 12.5. The van der Waals surface area contributed by atoms with Crippen LogP contribution in [-0.2, 0) is 19.5 Å². The van der Waals surface area contributed by atoms with Crippen molar-refractivity contribution in [1.29, 1.82) is 0 Å². The molecule has 0 spiro atoms. The molecule has 13 rings (SSSR count). The Labute approximate surface area is 546 Å². The second-order valence-electron chi connectivity index (χ2n) is 17.7. The molecule has 0 saturated carbocycles. The van der Waals surface area contributed by atoms with Gasteiger partial charge in [0, 0.05) is 66.4 Å². The summed E-state index contributed by atoms with van der Waals surface area (Å²) in [4.78, 5) is 38.7. The molecule has 0 N–H and O–H groups in total. The molecule has 0 radical (unpaired) electrons. The van der Waals surface area contributed by atoms with Crippen LogP contribution in [0.4, 0.5) is 17.6 Å². The third-order valence-electron chi connectivity index (χ3n) is 12.8. The van der Waals surface area contributed by atoms with Gasteiger partial charge in [0.15, 0.2) is 69.3 Å². The van der Waals surface area contributed by atoms with E-state index in [0.717, 1.165) is 24.3 Å². The Morgan fingerprint density at radius 1 is 0.271 bits per heavy atom. The maximum atomic E-state index is 15.3. The van der Waals surface area contributed by atoms with E-state index >= 15 is 17.6 Å². The third kappa shape index (κ3) is 9.88. The summed E-state index contributed by atoms with van der Waals surface area (Å²) in [5.41, 5.74) is -1.80. The minimum atomic E-state index is -0.799. The van der Waals surface area contributed by atoms with Crippen molar-refractivity contribution in [3.05, 3.63) is 181 Å². The quantitative estimate of drug-likeness (QED) is 0.0812. The van der Waals surface area contributed by atoms with Crippen LogP contribution in [0.25, 0.3) is 89.7 Å². The van der Waals surface area contributed by atoms with Gasteiger partial charge in [-0.05, 0) is 48.5 Å². The second kappa shape index (κ2) is 23.0. The molecule has 85 heavy (non-hydrogen) atoms. The minimum absolute atomic E-state index is 0. The van der Waals surface area contributed by atoms with Gasteiger partial charge in [0.25, 0.3) is 0 Å². The van der Waals surface area contributed by atoms with Crippen LogP contribution in [0.1, 0.15) is 0 Å². The van der Waals surface area contributed by atoms with E-state index in [9.17, 15) is 0 Å². The molecular formula is C56H16Cl12F4N8O4Zn. The van der Waals surface area contributed by atoms with E-state index in [2.05, 4.69) is 0 Å². The molecule has 418 valence electrons. The Morgan fingerprint density at radius 3 is 0.765 bits per heavy atom. The second-order valence-corrected chi connectivity index (χ2v) is 22.2. The van der Waals surface area contributed by atoms with E-state index in [-0.39, 0.29) is 215 Å². The number of rotatable bonds is 8. The molecule has 0 aliphatic carbocycles. The van der Waals surface area contributed by atoms with E-state index in [1.165, 1.54) is 72.8 Å². The first-order valence-electron chi connectivity index (χ1n) is 23.5. The van der Waals surface area contributed by atoms with E-state index in [0.29, 0.717) is 0 Å². The van der Waals surface area contributed by atoms with Crippen LogP contribution in [0.15, 0.2) is 97.1 Å². The number of halogens is 16. The summed E-state index contributed by atoms with van der Waals surface area (Å²) in [5, 5.41) is -4.40. The van der Waals surface area contributed by atoms with Crippen molar-refractivity contribution in [1.82, 2.24) is 39.9 Å². The number of fused-ring (bicyclic) bond motifs is 20. The van der Waals surface area contributed by atoms with Crippen LogP contribution in [0.3, 0.4) is 0 Å². The Kier molecular flexibility index (Phi) is 16.1. The number of ether oxygens (including phenoxy) is 4. The van der Waals surface area contributed by atoms with Crippen LogP contribution < -0.4 is 28.9 Å². The van der Waals surface area contributed by atoms with Gasteiger partial charge in [-0.15, -0.1) is 0 Å². The Balaban J connectivity index is 0.00000709. The summed E-state index contributed by atoms with van der Waals surface area (Å²) in [6, 6.07) is 21.5. The van der Waals surface area contributed by atoms with Gasteiger partial charge in [-0.3, -0.25) is 0 Å². The van der Waals surface area contributed by atoms with Crippen molar-refractivity contribution in [3.63, 3.8) is 0 Å². The Hall–Kier alpha value is -5.86. The van der Waals surface area contributed by atoms with Crippen molar-refractivity contribution >= 4 is 183 Å². The molecule has 8 aromatic carbocycles. The molecular weight excluding hydrogens is 1420 g/mol. The standard InChI is InChI=1S/C56H16Cl12F4N8O4.Zn/c57-33-25-29(37(61)45(41(33)65)81-21-13-5-1-9-17(21)69)53-74-49(25)73-50-26-31(39(63)47(42(66)34(26)58)83-23-15-7-3-11-19(23)71)55(75-50)80-56-32-28(36(60)44(68)48(40(32)64)84-24-16-8-4-12-20(24)72)52(79-56)78-54-30-27(51(76-53)77-54)35(59)43(67)46(38(30)62)82-22-14-6-2-10-18(22)70;/h1-16H;/q-2;+2. The first kappa shape index (κ1) is 59.5. The van der Waals surface area contributed by atoms with Crippen LogP contribution in [0, 0.1) is 23.3 Å². The van der Waals surface area contributed by atoms with Gasteiger partial charge in [0.05, 0.1) is 63.5 Å². The zero-order chi connectivity index (χ0) is 58.9. The molecule has 12 nitrogen and oxygen atoms in total. The van der Waals surface area contributed by atoms with Crippen molar-refractivity contribution < 1.29 is 56.0 Å². The maximum absolute atomic E-state index is 15.3. The molecule has 2 aliphatic heterocycles. The smallest absolute Gasteiger partial charge is 0.451 e. The molecule has 0 atom stereocenters. The van der Waals surface area contributed by atoms with Gasteiger partial charge < -0.3 is 48.9 Å². The summed E-state index contributed by atoms with van der Waals surface area (Å²) < 4.78 is 85.2. The minimum Gasteiger partial charge on any atom is -0.451 e. The van der Waals surface area contributed by atoms with E-state index in [1.807, 2.05) is 0 Å². The molecule has 0 fully saturated rings. The van der Waals surface area contributed by atoms with Crippen LogP contribution >= 0.6 is 139 Å². The van der Waals surface area contributed by atoms with Gasteiger partial charge in [0.1, 0.15) is 20.1 Å². The summed E-state index contributed by atoms with van der Waals surface area (Å²) in [7, 11) is 0. The van der Waals surface area contributed by atoms with Gasteiger partial charge in [-0.25, -0.2) is 27.5 Å². The van der Waals surface area contributed by atoms with Gasteiger partial charge in [-0.1, -0.05) is 188 Å². The fourth-order valence-electron chi connectivity index (χ4n) is 9.04. The van der Waals surface area contributed by atoms with Gasteiger partial charge in [0.2, 0.25) is 0 Å². The fraction of sp³-hybridized carbons (Fsp3) is 0. The van der Waals surface area contributed by atoms with E-state index < -0.39 is 23.3 Å². The van der Waals surface area contributed by atoms with Crippen LogP contribution in [0.2, 0.25) is 60.3 Å². The first-order valence-corrected chi connectivity index (χ1v) is 28.1. The maximum Gasteiger partial charge on any atom is 2.00 e. The van der Waals surface area contributed by atoms with Crippen molar-refractivity contribution in [3.8, 4) is 91.5 Å². The van der Waals surface area contributed by atoms with E-state index in [4.69, 9.17) is 198 Å². The van der Waals surface area contributed by atoms with Crippen molar-refractivity contribution in [2.45, 2.75) is 0 Å².